The molecule has 0 amide bonds. The van der Waals surface area contributed by atoms with Gasteiger partial charge in [0.1, 0.15) is 17.8 Å². The molecule has 0 saturated carbocycles. The summed E-state index contributed by atoms with van der Waals surface area (Å²) in [5.41, 5.74) is -0.239. The Labute approximate surface area is 159 Å². The molecule has 2 aromatic carbocycles. The summed E-state index contributed by atoms with van der Waals surface area (Å²) in [7, 11) is 0. The van der Waals surface area contributed by atoms with Crippen LogP contribution in [-0.4, -0.2) is 23.8 Å². The minimum absolute atomic E-state index is 0. The SMILES string of the molecule is N#Cc1nc(N=Nc2cc(S(=O)O)c3ccccc3c2O)[nH]c1C#N.[Ni]. The minimum Gasteiger partial charge on any atom is -0.505 e. The molecule has 0 aliphatic heterocycles. The Morgan fingerprint density at radius 1 is 1.15 bits per heavy atom. The van der Waals surface area contributed by atoms with Gasteiger partial charge in [-0.2, -0.15) is 15.5 Å². The second-order valence-corrected chi connectivity index (χ2v) is 5.68. The molecule has 1 aromatic heterocycles. The maximum atomic E-state index is 11.5. The average molecular weight is 411 g/mol. The molecule has 1 heterocycles. The number of nitrogens with one attached hydrogen (secondary N) is 1. The molecule has 0 aliphatic rings. The number of hydrogen-bond acceptors (Lipinski definition) is 7. The summed E-state index contributed by atoms with van der Waals surface area (Å²) in [4.78, 5) is 6.34. The van der Waals surface area contributed by atoms with E-state index in [1.165, 1.54) is 6.07 Å². The number of hydrogen-bond donors (Lipinski definition) is 3. The van der Waals surface area contributed by atoms with Gasteiger partial charge in [-0.3, -0.25) is 0 Å². The first-order valence-electron chi connectivity index (χ1n) is 6.72. The molecule has 0 bridgehead atoms. The molecule has 0 spiro atoms. The molecule has 1 atom stereocenters. The molecule has 3 aromatic rings. The Bertz CT molecular complexity index is 1100. The van der Waals surface area contributed by atoms with E-state index in [0.29, 0.717) is 10.8 Å². The summed E-state index contributed by atoms with van der Waals surface area (Å²) in [6, 6.07) is 11.2. The van der Waals surface area contributed by atoms with Gasteiger partial charge in [-0.05, 0) is 6.07 Å². The second-order valence-electron chi connectivity index (χ2n) is 4.74. The zero-order valence-corrected chi connectivity index (χ0v) is 14.5. The Morgan fingerprint density at radius 3 is 2.42 bits per heavy atom. The molecule has 11 heteroatoms. The summed E-state index contributed by atoms with van der Waals surface area (Å²) < 4.78 is 21.0. The number of aromatic nitrogens is 2. The number of H-pyrrole nitrogens is 1. The molecule has 0 fully saturated rings. The van der Waals surface area contributed by atoms with Crippen LogP contribution in [0, 0.1) is 22.7 Å². The quantitative estimate of drug-likeness (QED) is 0.341. The Balaban J connectivity index is 0.00000243. The molecule has 0 radical (unpaired) electrons. The van der Waals surface area contributed by atoms with E-state index in [0.717, 1.165) is 0 Å². The van der Waals surface area contributed by atoms with Gasteiger partial charge in [0, 0.05) is 27.3 Å². The van der Waals surface area contributed by atoms with Gasteiger partial charge in [0.25, 0.3) is 0 Å². The van der Waals surface area contributed by atoms with E-state index in [1.807, 2.05) is 0 Å². The maximum absolute atomic E-state index is 11.5. The predicted molar refractivity (Wildman–Crippen MR) is 86.8 cm³/mol. The Morgan fingerprint density at radius 2 is 1.85 bits per heavy atom. The first kappa shape index (κ1) is 19.2. The van der Waals surface area contributed by atoms with Gasteiger partial charge in [-0.1, -0.05) is 24.3 Å². The number of nitrogens with zero attached hydrogens (tertiary/aromatic N) is 5. The van der Waals surface area contributed by atoms with Crippen molar-refractivity contribution in [3.05, 3.63) is 41.7 Å². The van der Waals surface area contributed by atoms with Crippen LogP contribution < -0.4 is 0 Å². The van der Waals surface area contributed by atoms with Gasteiger partial charge in [-0.15, -0.1) is 10.2 Å². The second kappa shape index (κ2) is 7.85. The van der Waals surface area contributed by atoms with Crippen LogP contribution in [0.2, 0.25) is 0 Å². The van der Waals surface area contributed by atoms with E-state index in [4.69, 9.17) is 10.5 Å². The van der Waals surface area contributed by atoms with E-state index in [9.17, 15) is 13.9 Å². The molecule has 3 N–H and O–H groups in total. The molecule has 132 valence electrons. The third-order valence-corrected chi connectivity index (χ3v) is 4.02. The van der Waals surface area contributed by atoms with Crippen molar-refractivity contribution in [2.24, 2.45) is 10.2 Å². The summed E-state index contributed by atoms with van der Waals surface area (Å²) >= 11 is -2.29. The van der Waals surface area contributed by atoms with Crippen LogP contribution in [0.1, 0.15) is 11.4 Å². The largest absolute Gasteiger partial charge is 0.505 e. The number of fused-ring (bicyclic) bond motifs is 1. The van der Waals surface area contributed by atoms with E-state index >= 15 is 0 Å². The van der Waals surface area contributed by atoms with Gasteiger partial charge in [0.2, 0.25) is 5.95 Å². The standard InChI is InChI=1S/C15H8N6O3S.Ni/c16-6-11-12(7-17)19-15(18-11)21-20-10-5-13(25(23)24)8-3-1-2-4-9(8)14(10)22;/h1-5,22H,(H,18,19)(H,23,24);. The number of aromatic amines is 1. The van der Waals surface area contributed by atoms with E-state index in [-0.39, 0.29) is 50.2 Å². The van der Waals surface area contributed by atoms with Crippen molar-refractivity contribution in [3.8, 4) is 17.9 Å². The monoisotopic (exact) mass is 410 g/mol. The number of nitriles is 2. The number of azo groups is 1. The molecular weight excluding hydrogens is 403 g/mol. The summed E-state index contributed by atoms with van der Waals surface area (Å²) in [5.74, 6) is -0.326. The molecule has 3 rings (SSSR count). The predicted octanol–water partition coefficient (Wildman–Crippen LogP) is 3.01. The molecule has 26 heavy (non-hydrogen) atoms. The summed E-state index contributed by atoms with van der Waals surface area (Å²) in [6.45, 7) is 0. The molecule has 0 aliphatic carbocycles. The van der Waals surface area contributed by atoms with Crippen molar-refractivity contribution in [2.75, 3.05) is 0 Å². The Kier molecular flexibility index (Phi) is 5.80. The first-order chi connectivity index (χ1) is 12.0. The molecule has 1 unspecified atom stereocenters. The third-order valence-electron chi connectivity index (χ3n) is 3.31. The third kappa shape index (κ3) is 3.46. The smallest absolute Gasteiger partial charge is 0.249 e. The zero-order chi connectivity index (χ0) is 18.0. The molecule has 0 saturated heterocycles. The summed E-state index contributed by atoms with van der Waals surface area (Å²) in [6.07, 6.45) is 0. The van der Waals surface area contributed by atoms with Crippen LogP contribution >= 0.6 is 0 Å². The Hall–Kier alpha value is -3.11. The molecule has 9 nitrogen and oxygen atoms in total. The van der Waals surface area contributed by atoms with Crippen molar-refractivity contribution < 1.29 is 30.4 Å². The molecular formula is C15H8N6NiO3S. The van der Waals surface area contributed by atoms with Crippen LogP contribution in [0.15, 0.2) is 45.5 Å². The van der Waals surface area contributed by atoms with Crippen LogP contribution in [0.25, 0.3) is 10.8 Å². The van der Waals surface area contributed by atoms with E-state index < -0.39 is 11.1 Å². The van der Waals surface area contributed by atoms with Crippen molar-refractivity contribution in [3.63, 3.8) is 0 Å². The summed E-state index contributed by atoms with van der Waals surface area (Å²) in [5, 5.41) is 36.3. The van der Waals surface area contributed by atoms with Crippen molar-refractivity contribution in [1.82, 2.24) is 9.97 Å². The number of imidazole rings is 1. The zero-order valence-electron chi connectivity index (χ0n) is 12.6. The van der Waals surface area contributed by atoms with Crippen molar-refractivity contribution in [1.29, 1.82) is 10.5 Å². The number of aromatic hydroxyl groups is 1. The van der Waals surface area contributed by atoms with Gasteiger partial charge in [-0.25, -0.2) is 4.21 Å². The van der Waals surface area contributed by atoms with Gasteiger partial charge >= 0.3 is 0 Å². The maximum Gasteiger partial charge on any atom is 0.249 e. The van der Waals surface area contributed by atoms with Crippen LogP contribution in [0.4, 0.5) is 11.6 Å². The average Bonchev–Trinajstić information content (AvgIpc) is 3.03. The van der Waals surface area contributed by atoms with Crippen LogP contribution in [0.5, 0.6) is 5.75 Å². The van der Waals surface area contributed by atoms with E-state index in [2.05, 4.69) is 20.2 Å². The van der Waals surface area contributed by atoms with Crippen molar-refractivity contribution >= 4 is 33.5 Å². The van der Waals surface area contributed by atoms with Gasteiger partial charge < -0.3 is 14.6 Å². The minimum atomic E-state index is -2.29. The fraction of sp³-hybridized carbons (Fsp3) is 0. The van der Waals surface area contributed by atoms with Crippen LogP contribution in [0.3, 0.4) is 0 Å². The number of phenols is 1. The van der Waals surface area contributed by atoms with E-state index in [1.54, 1.807) is 36.4 Å². The number of rotatable bonds is 3. The topological polar surface area (TPSA) is 159 Å². The van der Waals surface area contributed by atoms with Crippen molar-refractivity contribution in [2.45, 2.75) is 4.90 Å². The normalized spacial score (nSPS) is 11.7. The first-order valence-corrected chi connectivity index (χ1v) is 7.83. The van der Waals surface area contributed by atoms with Gasteiger partial charge in [0.15, 0.2) is 28.2 Å². The fourth-order valence-electron chi connectivity index (χ4n) is 2.20. The van der Waals surface area contributed by atoms with Gasteiger partial charge in [0.05, 0.1) is 4.90 Å². The number of benzene rings is 2. The number of phenolic OH excluding ortho intramolecular Hbond substituents is 1. The van der Waals surface area contributed by atoms with Crippen LogP contribution in [-0.2, 0) is 27.6 Å². The fourth-order valence-corrected chi connectivity index (χ4v) is 2.78.